The number of aliphatic hydroxyl groups excluding tert-OH is 1. The molecule has 0 saturated heterocycles. The van der Waals surface area contributed by atoms with Gasteiger partial charge in [-0.25, -0.2) is 0 Å². The van der Waals surface area contributed by atoms with Gasteiger partial charge in [-0.2, -0.15) is 0 Å². The highest BCUT2D eigenvalue weighted by Crippen LogP contribution is 2.37. The quantitative estimate of drug-likeness (QED) is 0.810. The van der Waals surface area contributed by atoms with E-state index in [0.717, 1.165) is 0 Å². The number of benzene rings is 1. The lowest BCUT2D eigenvalue weighted by Crippen LogP contribution is -2.38. The number of methoxy groups -OCH3 is 1. The van der Waals surface area contributed by atoms with Crippen molar-refractivity contribution in [1.29, 1.82) is 0 Å². The van der Waals surface area contributed by atoms with Crippen molar-refractivity contribution in [3.63, 3.8) is 0 Å². The van der Waals surface area contributed by atoms with Crippen LogP contribution in [0.3, 0.4) is 0 Å². The Morgan fingerprint density at radius 3 is 2.57 bits per heavy atom. The zero-order valence-corrected chi connectivity index (χ0v) is 13.5. The van der Waals surface area contributed by atoms with Gasteiger partial charge in [-0.1, -0.05) is 25.4 Å². The molecule has 118 valence electrons. The Bertz CT molecular complexity index is 491. The first kappa shape index (κ1) is 17.6. The summed E-state index contributed by atoms with van der Waals surface area (Å²) in [4.78, 5) is 11.9. The van der Waals surface area contributed by atoms with E-state index in [1.54, 1.807) is 19.1 Å². The molecule has 0 aliphatic carbocycles. The Morgan fingerprint density at radius 2 is 2.05 bits per heavy atom. The molecule has 21 heavy (non-hydrogen) atoms. The second kappa shape index (κ2) is 8.10. The average Bonchev–Trinajstić information content (AvgIpc) is 2.46. The van der Waals surface area contributed by atoms with Gasteiger partial charge < -0.3 is 19.9 Å². The van der Waals surface area contributed by atoms with Crippen LogP contribution in [-0.2, 0) is 11.4 Å². The van der Waals surface area contributed by atoms with Crippen LogP contribution in [0.15, 0.2) is 12.1 Å². The van der Waals surface area contributed by atoms with Gasteiger partial charge in [0.15, 0.2) is 17.6 Å². The van der Waals surface area contributed by atoms with Gasteiger partial charge in [0.2, 0.25) is 0 Å². The zero-order valence-electron chi connectivity index (χ0n) is 12.8. The summed E-state index contributed by atoms with van der Waals surface area (Å²) in [6.45, 7) is 6.10. The number of carbonyl (C=O) groups is 1. The van der Waals surface area contributed by atoms with Crippen LogP contribution in [0.2, 0.25) is 5.02 Å². The van der Waals surface area contributed by atoms with Gasteiger partial charge in [0.1, 0.15) is 0 Å². The van der Waals surface area contributed by atoms with Crippen molar-refractivity contribution < 1.29 is 19.4 Å². The molecule has 0 aromatic heterocycles. The number of aliphatic hydroxyl groups is 1. The number of halogens is 1. The maximum Gasteiger partial charge on any atom is 0.260 e. The Hall–Kier alpha value is -1.46. The van der Waals surface area contributed by atoms with E-state index in [1.165, 1.54) is 7.11 Å². The maximum absolute atomic E-state index is 11.9. The number of hydrogen-bond donors (Lipinski definition) is 2. The first-order valence-corrected chi connectivity index (χ1v) is 7.18. The molecule has 5 nitrogen and oxygen atoms in total. The second-order valence-electron chi connectivity index (χ2n) is 5.17. The lowest BCUT2D eigenvalue weighted by Gasteiger charge is -2.19. The molecule has 0 saturated carbocycles. The van der Waals surface area contributed by atoms with Crippen LogP contribution in [-0.4, -0.2) is 30.8 Å². The first-order chi connectivity index (χ1) is 9.88. The summed E-state index contributed by atoms with van der Waals surface area (Å²) >= 11 is 6.12. The van der Waals surface area contributed by atoms with Gasteiger partial charge in [-0.3, -0.25) is 4.79 Å². The van der Waals surface area contributed by atoms with Crippen molar-refractivity contribution in [2.75, 3.05) is 13.7 Å². The van der Waals surface area contributed by atoms with Crippen molar-refractivity contribution in [1.82, 2.24) is 5.32 Å². The summed E-state index contributed by atoms with van der Waals surface area (Å²) in [6.07, 6.45) is -0.699. The standard InChI is InChI=1S/C15H22ClNO4/c1-9(2)7-17-15(19)10(3)21-14-12(16)5-11(8-18)6-13(14)20-4/h5-6,9-10,18H,7-8H2,1-4H3,(H,17,19). The van der Waals surface area contributed by atoms with Gasteiger partial charge in [0.05, 0.1) is 18.7 Å². The number of ether oxygens (including phenoxy) is 2. The van der Waals surface area contributed by atoms with Crippen LogP contribution in [0.5, 0.6) is 11.5 Å². The molecular weight excluding hydrogens is 294 g/mol. The molecule has 2 N–H and O–H groups in total. The van der Waals surface area contributed by atoms with Crippen molar-refractivity contribution in [3.8, 4) is 11.5 Å². The third-order valence-corrected chi connectivity index (χ3v) is 3.10. The molecule has 0 spiro atoms. The van der Waals surface area contributed by atoms with Crippen LogP contribution in [0.4, 0.5) is 0 Å². The molecule has 1 aromatic rings. The van der Waals surface area contributed by atoms with Crippen LogP contribution < -0.4 is 14.8 Å². The summed E-state index contributed by atoms with van der Waals surface area (Å²) in [5.41, 5.74) is 0.612. The molecule has 1 amide bonds. The molecule has 1 atom stereocenters. The van der Waals surface area contributed by atoms with E-state index in [0.29, 0.717) is 34.5 Å². The molecule has 0 fully saturated rings. The molecule has 6 heteroatoms. The maximum atomic E-state index is 11.9. The Labute approximate surface area is 130 Å². The summed E-state index contributed by atoms with van der Waals surface area (Å²) in [5.74, 6) is 0.829. The number of rotatable bonds is 7. The lowest BCUT2D eigenvalue weighted by atomic mass is 10.2. The van der Waals surface area contributed by atoms with Crippen molar-refractivity contribution in [2.45, 2.75) is 33.5 Å². The number of amides is 1. The fourth-order valence-corrected chi connectivity index (χ4v) is 1.94. The molecule has 1 aromatic carbocycles. The molecule has 1 unspecified atom stereocenters. The molecule has 0 heterocycles. The van der Waals surface area contributed by atoms with Gasteiger partial charge in [-0.05, 0) is 30.5 Å². The van der Waals surface area contributed by atoms with E-state index in [1.807, 2.05) is 13.8 Å². The third kappa shape index (κ3) is 5.10. The molecular formula is C15H22ClNO4. The van der Waals surface area contributed by atoms with E-state index in [2.05, 4.69) is 5.32 Å². The van der Waals surface area contributed by atoms with Gasteiger partial charge in [0.25, 0.3) is 5.91 Å². The highest BCUT2D eigenvalue weighted by molar-refractivity contribution is 6.32. The van der Waals surface area contributed by atoms with Gasteiger partial charge >= 0.3 is 0 Å². The monoisotopic (exact) mass is 315 g/mol. The lowest BCUT2D eigenvalue weighted by molar-refractivity contribution is -0.127. The minimum absolute atomic E-state index is 0.152. The van der Waals surface area contributed by atoms with Crippen molar-refractivity contribution in [3.05, 3.63) is 22.7 Å². The predicted octanol–water partition coefficient (Wildman–Crippen LogP) is 2.38. The normalized spacial score (nSPS) is 12.1. The Morgan fingerprint density at radius 1 is 1.38 bits per heavy atom. The number of hydrogen-bond acceptors (Lipinski definition) is 4. The summed E-state index contributed by atoms with van der Waals surface area (Å²) in [6, 6.07) is 3.21. The summed E-state index contributed by atoms with van der Waals surface area (Å²) in [5, 5.41) is 12.2. The van der Waals surface area contributed by atoms with Crippen LogP contribution >= 0.6 is 11.6 Å². The Balaban J connectivity index is 2.84. The number of carbonyl (C=O) groups excluding carboxylic acids is 1. The van der Waals surface area contributed by atoms with Crippen LogP contribution in [0, 0.1) is 5.92 Å². The first-order valence-electron chi connectivity index (χ1n) is 6.80. The second-order valence-corrected chi connectivity index (χ2v) is 5.57. The van der Waals surface area contributed by atoms with E-state index in [-0.39, 0.29) is 12.5 Å². The SMILES string of the molecule is COc1cc(CO)cc(Cl)c1OC(C)C(=O)NCC(C)C. The van der Waals surface area contributed by atoms with Crippen LogP contribution in [0.1, 0.15) is 26.3 Å². The predicted molar refractivity (Wildman–Crippen MR) is 81.9 cm³/mol. The smallest absolute Gasteiger partial charge is 0.260 e. The van der Waals surface area contributed by atoms with Crippen LogP contribution in [0.25, 0.3) is 0 Å². The fraction of sp³-hybridized carbons (Fsp3) is 0.533. The summed E-state index contributed by atoms with van der Waals surface area (Å²) in [7, 11) is 1.48. The van der Waals surface area contributed by atoms with E-state index < -0.39 is 6.10 Å². The Kier molecular flexibility index (Phi) is 6.78. The topological polar surface area (TPSA) is 67.8 Å². The van der Waals surface area contributed by atoms with Gasteiger partial charge in [-0.15, -0.1) is 0 Å². The molecule has 0 aliphatic heterocycles. The van der Waals surface area contributed by atoms with E-state index >= 15 is 0 Å². The third-order valence-electron chi connectivity index (χ3n) is 2.82. The number of nitrogens with one attached hydrogen (secondary N) is 1. The van der Waals surface area contributed by atoms with E-state index in [9.17, 15) is 4.79 Å². The minimum atomic E-state index is -0.699. The highest BCUT2D eigenvalue weighted by Gasteiger charge is 2.19. The van der Waals surface area contributed by atoms with Crippen molar-refractivity contribution >= 4 is 17.5 Å². The summed E-state index contributed by atoms with van der Waals surface area (Å²) < 4.78 is 10.8. The largest absolute Gasteiger partial charge is 0.493 e. The van der Waals surface area contributed by atoms with Gasteiger partial charge in [0, 0.05) is 6.54 Å². The molecule has 0 bridgehead atoms. The average molecular weight is 316 g/mol. The molecule has 0 radical (unpaired) electrons. The molecule has 1 rings (SSSR count). The molecule has 0 aliphatic rings. The highest BCUT2D eigenvalue weighted by atomic mass is 35.5. The fourth-order valence-electron chi connectivity index (χ4n) is 1.66. The zero-order chi connectivity index (χ0) is 16.0. The van der Waals surface area contributed by atoms with Crippen molar-refractivity contribution in [2.24, 2.45) is 5.92 Å². The van der Waals surface area contributed by atoms with E-state index in [4.69, 9.17) is 26.2 Å². The minimum Gasteiger partial charge on any atom is -0.493 e.